The van der Waals surface area contributed by atoms with Gasteiger partial charge in [0.05, 0.1) is 5.02 Å². The molecule has 0 saturated heterocycles. The molecule has 1 aromatic rings. The van der Waals surface area contributed by atoms with Crippen LogP contribution in [0.5, 0.6) is 0 Å². The molecular formula is C5HClF2N. The summed E-state index contributed by atoms with van der Waals surface area (Å²) in [6, 6.07) is 2.18. The first-order chi connectivity index (χ1) is 4.22. The third-order valence-electron chi connectivity index (χ3n) is 0.743. The highest BCUT2D eigenvalue weighted by molar-refractivity contribution is 6.30. The molecule has 0 atom stereocenters. The van der Waals surface area contributed by atoms with Crippen molar-refractivity contribution in [1.82, 2.24) is 4.98 Å². The van der Waals surface area contributed by atoms with Crippen molar-refractivity contribution in [2.45, 2.75) is 0 Å². The quantitative estimate of drug-likeness (QED) is 0.512. The van der Waals surface area contributed by atoms with Crippen LogP contribution in [0, 0.1) is 17.8 Å². The van der Waals surface area contributed by atoms with Crippen LogP contribution in [-0.2, 0) is 0 Å². The summed E-state index contributed by atoms with van der Waals surface area (Å²) in [6.45, 7) is 0. The number of halogens is 3. The SMILES string of the molecule is Fc1nc[c]c(Cl)c1F. The average molecular weight is 149 g/mol. The molecule has 0 aliphatic carbocycles. The Kier molecular flexibility index (Phi) is 1.62. The summed E-state index contributed by atoms with van der Waals surface area (Å²) in [5.41, 5.74) is 0. The van der Waals surface area contributed by atoms with Crippen molar-refractivity contribution < 1.29 is 8.78 Å². The molecule has 1 heterocycles. The fourth-order valence-corrected chi connectivity index (χ4v) is 0.483. The second-order valence-electron chi connectivity index (χ2n) is 1.32. The van der Waals surface area contributed by atoms with Crippen LogP contribution in [0.15, 0.2) is 6.20 Å². The summed E-state index contributed by atoms with van der Waals surface area (Å²) in [4.78, 5) is 2.96. The minimum atomic E-state index is -1.20. The van der Waals surface area contributed by atoms with Gasteiger partial charge in [0.25, 0.3) is 0 Å². The molecule has 4 heteroatoms. The molecule has 0 spiro atoms. The molecule has 0 N–H and O–H groups in total. The van der Waals surface area contributed by atoms with Gasteiger partial charge in [0.15, 0.2) is 5.82 Å². The van der Waals surface area contributed by atoms with Gasteiger partial charge in [-0.3, -0.25) is 0 Å². The lowest BCUT2D eigenvalue weighted by Crippen LogP contribution is -1.87. The van der Waals surface area contributed by atoms with Crippen molar-refractivity contribution in [3.05, 3.63) is 29.1 Å². The minimum absolute atomic E-state index is 0.373. The summed E-state index contributed by atoms with van der Waals surface area (Å²) in [5, 5.41) is -0.373. The Bertz CT molecular complexity index is 206. The van der Waals surface area contributed by atoms with Crippen molar-refractivity contribution in [3.63, 3.8) is 0 Å². The fraction of sp³-hybridized carbons (Fsp3) is 0. The van der Waals surface area contributed by atoms with Crippen LogP contribution in [0.2, 0.25) is 5.02 Å². The molecule has 0 unspecified atom stereocenters. The third-order valence-corrected chi connectivity index (χ3v) is 1.02. The minimum Gasteiger partial charge on any atom is -0.225 e. The van der Waals surface area contributed by atoms with Gasteiger partial charge in [-0.2, -0.15) is 4.39 Å². The summed E-state index contributed by atoms with van der Waals surface area (Å²) < 4.78 is 24.1. The molecule has 0 aliphatic heterocycles. The zero-order valence-corrected chi connectivity index (χ0v) is 4.91. The van der Waals surface area contributed by atoms with E-state index in [2.05, 4.69) is 11.1 Å². The molecule has 1 radical (unpaired) electrons. The Balaban J connectivity index is 3.25. The van der Waals surface area contributed by atoms with E-state index in [9.17, 15) is 8.78 Å². The maximum absolute atomic E-state index is 12.1. The number of hydrogen-bond donors (Lipinski definition) is 0. The number of nitrogens with zero attached hydrogens (tertiary/aromatic N) is 1. The summed E-state index contributed by atoms with van der Waals surface area (Å²) in [5.74, 6) is -2.35. The maximum Gasteiger partial charge on any atom is 0.250 e. The van der Waals surface area contributed by atoms with Gasteiger partial charge in [0.2, 0.25) is 5.95 Å². The normalized spacial score (nSPS) is 9.67. The monoisotopic (exact) mass is 148 g/mol. The van der Waals surface area contributed by atoms with E-state index in [0.717, 1.165) is 6.20 Å². The molecule has 0 bridgehead atoms. The molecule has 0 fully saturated rings. The summed E-state index contributed by atoms with van der Waals surface area (Å²) in [6.07, 6.45) is 0.973. The first-order valence-corrected chi connectivity index (χ1v) is 2.47. The van der Waals surface area contributed by atoms with Gasteiger partial charge in [-0.25, -0.2) is 9.37 Å². The van der Waals surface area contributed by atoms with Crippen LogP contribution in [0.25, 0.3) is 0 Å². The van der Waals surface area contributed by atoms with E-state index >= 15 is 0 Å². The smallest absolute Gasteiger partial charge is 0.225 e. The Hall–Kier alpha value is -0.700. The van der Waals surface area contributed by atoms with Crippen LogP contribution >= 0.6 is 11.6 Å². The van der Waals surface area contributed by atoms with Crippen molar-refractivity contribution in [2.75, 3.05) is 0 Å². The largest absolute Gasteiger partial charge is 0.250 e. The third kappa shape index (κ3) is 1.16. The van der Waals surface area contributed by atoms with E-state index < -0.39 is 11.8 Å². The van der Waals surface area contributed by atoms with E-state index in [4.69, 9.17) is 11.6 Å². The number of pyridine rings is 1. The topological polar surface area (TPSA) is 12.9 Å². The Morgan fingerprint density at radius 2 is 2.22 bits per heavy atom. The van der Waals surface area contributed by atoms with Gasteiger partial charge in [-0.1, -0.05) is 11.6 Å². The van der Waals surface area contributed by atoms with E-state index in [1.165, 1.54) is 0 Å². The molecule has 47 valence electrons. The number of rotatable bonds is 0. The lowest BCUT2D eigenvalue weighted by atomic mass is 10.5. The second-order valence-corrected chi connectivity index (χ2v) is 1.70. The van der Waals surface area contributed by atoms with E-state index in [1.807, 2.05) is 0 Å². The number of hydrogen-bond acceptors (Lipinski definition) is 1. The van der Waals surface area contributed by atoms with Gasteiger partial charge < -0.3 is 0 Å². The number of aromatic nitrogens is 1. The van der Waals surface area contributed by atoms with Crippen LogP contribution < -0.4 is 0 Å². The van der Waals surface area contributed by atoms with Crippen LogP contribution in [0.1, 0.15) is 0 Å². The van der Waals surface area contributed by atoms with E-state index in [-0.39, 0.29) is 5.02 Å². The van der Waals surface area contributed by atoms with Crippen molar-refractivity contribution >= 4 is 11.6 Å². The van der Waals surface area contributed by atoms with Crippen molar-refractivity contribution in [2.24, 2.45) is 0 Å². The molecule has 0 aromatic carbocycles. The lowest BCUT2D eigenvalue weighted by molar-refractivity contribution is 0.479. The van der Waals surface area contributed by atoms with Crippen LogP contribution in [-0.4, -0.2) is 4.98 Å². The summed E-state index contributed by atoms with van der Waals surface area (Å²) >= 11 is 5.10. The van der Waals surface area contributed by atoms with Gasteiger partial charge in [-0.05, 0) is 0 Å². The molecule has 0 saturated carbocycles. The Morgan fingerprint density at radius 1 is 1.56 bits per heavy atom. The molecule has 1 nitrogen and oxygen atoms in total. The van der Waals surface area contributed by atoms with E-state index in [1.54, 1.807) is 0 Å². The zero-order valence-electron chi connectivity index (χ0n) is 4.16. The Labute approximate surface area is 55.3 Å². The standard InChI is InChI=1S/C5HClF2N/c6-3-1-2-9-5(8)4(3)7/h2H. The highest BCUT2D eigenvalue weighted by Crippen LogP contribution is 2.12. The Morgan fingerprint density at radius 3 is 2.67 bits per heavy atom. The van der Waals surface area contributed by atoms with Gasteiger partial charge in [-0.15, -0.1) is 0 Å². The molecule has 0 amide bonds. The predicted molar refractivity (Wildman–Crippen MR) is 28.0 cm³/mol. The van der Waals surface area contributed by atoms with Crippen LogP contribution in [0.4, 0.5) is 8.78 Å². The first kappa shape index (κ1) is 6.42. The maximum atomic E-state index is 12.1. The van der Waals surface area contributed by atoms with E-state index in [0.29, 0.717) is 0 Å². The van der Waals surface area contributed by atoms with Crippen LogP contribution in [0.3, 0.4) is 0 Å². The summed E-state index contributed by atoms with van der Waals surface area (Å²) in [7, 11) is 0. The zero-order chi connectivity index (χ0) is 6.85. The highest BCUT2D eigenvalue weighted by Gasteiger charge is 2.05. The second kappa shape index (κ2) is 2.27. The molecular weight excluding hydrogens is 148 g/mol. The average Bonchev–Trinajstić information content (AvgIpc) is 1.83. The lowest BCUT2D eigenvalue weighted by Gasteiger charge is -1.89. The van der Waals surface area contributed by atoms with Gasteiger partial charge in [0, 0.05) is 12.3 Å². The molecule has 0 aliphatic rings. The molecule has 1 aromatic heterocycles. The van der Waals surface area contributed by atoms with Gasteiger partial charge >= 0.3 is 0 Å². The molecule has 9 heavy (non-hydrogen) atoms. The fourth-order valence-electron chi connectivity index (χ4n) is 0.356. The van der Waals surface area contributed by atoms with Crippen molar-refractivity contribution in [1.29, 1.82) is 0 Å². The van der Waals surface area contributed by atoms with Gasteiger partial charge in [0.1, 0.15) is 0 Å². The predicted octanol–water partition coefficient (Wildman–Crippen LogP) is 1.81. The molecule has 1 rings (SSSR count). The highest BCUT2D eigenvalue weighted by atomic mass is 35.5. The first-order valence-electron chi connectivity index (χ1n) is 2.09. The van der Waals surface area contributed by atoms with Crippen molar-refractivity contribution in [3.8, 4) is 0 Å².